The molecule has 0 saturated carbocycles. The van der Waals surface area contributed by atoms with Crippen LogP contribution < -0.4 is 16.2 Å². The van der Waals surface area contributed by atoms with E-state index in [9.17, 15) is 5.26 Å². The second-order valence-corrected chi connectivity index (χ2v) is 4.94. The Morgan fingerprint density at radius 3 is 2.50 bits per heavy atom. The fourth-order valence-corrected chi connectivity index (χ4v) is 2.16. The Bertz CT molecular complexity index is 887. The number of pyridine rings is 1. The van der Waals surface area contributed by atoms with E-state index in [1.54, 1.807) is 30.5 Å². The zero-order valence-electron chi connectivity index (χ0n) is 12.7. The molecule has 0 aliphatic carbocycles. The van der Waals surface area contributed by atoms with E-state index in [4.69, 9.17) is 16.2 Å². The van der Waals surface area contributed by atoms with Gasteiger partial charge in [-0.1, -0.05) is 6.07 Å². The molecule has 118 valence electrons. The topological polar surface area (TPSA) is 124 Å². The summed E-state index contributed by atoms with van der Waals surface area (Å²) >= 11 is 0. The van der Waals surface area contributed by atoms with E-state index in [-0.39, 0.29) is 17.3 Å². The van der Waals surface area contributed by atoms with Crippen molar-refractivity contribution < 1.29 is 4.74 Å². The average Bonchev–Trinajstić information content (AvgIpc) is 2.61. The van der Waals surface area contributed by atoms with E-state index in [1.807, 2.05) is 24.3 Å². The molecule has 3 aromatic rings. The van der Waals surface area contributed by atoms with Crippen molar-refractivity contribution in [2.75, 3.05) is 11.5 Å². The lowest BCUT2D eigenvalue weighted by atomic mass is 10.1. The second kappa shape index (κ2) is 6.62. The highest BCUT2D eigenvalue weighted by Crippen LogP contribution is 2.27. The first-order chi connectivity index (χ1) is 11.7. The van der Waals surface area contributed by atoms with Gasteiger partial charge in [-0.3, -0.25) is 4.98 Å². The van der Waals surface area contributed by atoms with Crippen molar-refractivity contribution in [3.05, 3.63) is 59.9 Å². The molecule has 0 aliphatic rings. The summed E-state index contributed by atoms with van der Waals surface area (Å²) in [6, 6.07) is 14.8. The first kappa shape index (κ1) is 15.2. The molecular formula is C17H14N6O. The van der Waals surface area contributed by atoms with Crippen LogP contribution in [-0.2, 0) is 6.61 Å². The lowest BCUT2D eigenvalue weighted by molar-refractivity contribution is 0.301. The molecule has 2 heterocycles. The minimum Gasteiger partial charge on any atom is -0.487 e. The van der Waals surface area contributed by atoms with Crippen molar-refractivity contribution in [2.45, 2.75) is 6.61 Å². The van der Waals surface area contributed by atoms with Crippen LogP contribution in [0.25, 0.3) is 11.3 Å². The Morgan fingerprint density at radius 2 is 1.83 bits per heavy atom. The Kier molecular flexibility index (Phi) is 4.21. The van der Waals surface area contributed by atoms with Gasteiger partial charge >= 0.3 is 0 Å². The quantitative estimate of drug-likeness (QED) is 0.755. The lowest BCUT2D eigenvalue weighted by Crippen LogP contribution is -2.05. The molecule has 4 N–H and O–H groups in total. The minimum atomic E-state index is 0.0250. The maximum absolute atomic E-state index is 9.23. The van der Waals surface area contributed by atoms with E-state index >= 15 is 0 Å². The van der Waals surface area contributed by atoms with E-state index in [0.717, 1.165) is 5.69 Å². The highest BCUT2D eigenvalue weighted by atomic mass is 16.5. The SMILES string of the molecule is N#Cc1c(N)nc(N)nc1-c1ccc(OCc2ccccn2)cc1. The molecule has 0 atom stereocenters. The molecule has 0 saturated heterocycles. The summed E-state index contributed by atoms with van der Waals surface area (Å²) in [6.45, 7) is 0.372. The second-order valence-electron chi connectivity index (χ2n) is 4.94. The fraction of sp³-hybridized carbons (Fsp3) is 0.0588. The van der Waals surface area contributed by atoms with E-state index in [1.165, 1.54) is 0 Å². The molecule has 0 fully saturated rings. The molecule has 2 aromatic heterocycles. The lowest BCUT2D eigenvalue weighted by Gasteiger charge is -2.09. The van der Waals surface area contributed by atoms with E-state index < -0.39 is 0 Å². The number of hydrogen-bond acceptors (Lipinski definition) is 7. The number of aromatic nitrogens is 3. The molecule has 24 heavy (non-hydrogen) atoms. The average molecular weight is 318 g/mol. The molecule has 0 aliphatic heterocycles. The summed E-state index contributed by atoms with van der Waals surface area (Å²) < 4.78 is 5.68. The van der Waals surface area contributed by atoms with Gasteiger partial charge in [-0.2, -0.15) is 10.2 Å². The highest BCUT2D eigenvalue weighted by molar-refractivity contribution is 5.73. The first-order valence-electron chi connectivity index (χ1n) is 7.13. The van der Waals surface area contributed by atoms with Gasteiger partial charge in [-0.15, -0.1) is 0 Å². The number of benzene rings is 1. The van der Waals surface area contributed by atoms with Gasteiger partial charge in [0.1, 0.15) is 29.8 Å². The van der Waals surface area contributed by atoms with Gasteiger partial charge in [-0.25, -0.2) is 4.98 Å². The van der Waals surface area contributed by atoms with Gasteiger partial charge in [0.25, 0.3) is 0 Å². The molecule has 1 aromatic carbocycles. The highest BCUT2D eigenvalue weighted by Gasteiger charge is 2.13. The van der Waals surface area contributed by atoms with Gasteiger partial charge in [0.15, 0.2) is 0 Å². The number of nitriles is 1. The van der Waals surface area contributed by atoms with Gasteiger partial charge < -0.3 is 16.2 Å². The fourth-order valence-electron chi connectivity index (χ4n) is 2.16. The number of nitrogen functional groups attached to an aromatic ring is 2. The minimum absolute atomic E-state index is 0.0250. The van der Waals surface area contributed by atoms with Crippen molar-refractivity contribution in [1.29, 1.82) is 5.26 Å². The Morgan fingerprint density at radius 1 is 1.04 bits per heavy atom. The molecule has 3 rings (SSSR count). The zero-order chi connectivity index (χ0) is 16.9. The van der Waals surface area contributed by atoms with Gasteiger partial charge in [-0.05, 0) is 36.4 Å². The first-order valence-corrected chi connectivity index (χ1v) is 7.13. The van der Waals surface area contributed by atoms with Gasteiger partial charge in [0, 0.05) is 11.8 Å². The Balaban J connectivity index is 1.81. The van der Waals surface area contributed by atoms with Crippen molar-refractivity contribution in [2.24, 2.45) is 0 Å². The molecule has 0 bridgehead atoms. The monoisotopic (exact) mass is 318 g/mol. The van der Waals surface area contributed by atoms with Crippen LogP contribution in [0.4, 0.5) is 11.8 Å². The van der Waals surface area contributed by atoms with Crippen LogP contribution in [0.1, 0.15) is 11.3 Å². The largest absolute Gasteiger partial charge is 0.487 e. The summed E-state index contributed by atoms with van der Waals surface area (Å²) in [5.74, 6) is 0.769. The third kappa shape index (κ3) is 3.23. The number of ether oxygens (including phenoxy) is 1. The number of hydrogen-bond donors (Lipinski definition) is 2. The van der Waals surface area contributed by atoms with Crippen LogP contribution in [0, 0.1) is 11.3 Å². The maximum Gasteiger partial charge on any atom is 0.222 e. The summed E-state index contributed by atoms with van der Waals surface area (Å²) in [5, 5.41) is 9.23. The van der Waals surface area contributed by atoms with Crippen LogP contribution >= 0.6 is 0 Å². The molecule has 0 amide bonds. The van der Waals surface area contributed by atoms with Gasteiger partial charge in [0.05, 0.1) is 11.4 Å². The van der Waals surface area contributed by atoms with Gasteiger partial charge in [0.2, 0.25) is 5.95 Å². The Hall–Kier alpha value is -3.66. The predicted molar refractivity (Wildman–Crippen MR) is 89.6 cm³/mol. The normalized spacial score (nSPS) is 10.1. The molecule has 0 spiro atoms. The molecular weight excluding hydrogens is 304 g/mol. The summed E-state index contributed by atoms with van der Waals surface area (Å²) in [6.07, 6.45) is 1.72. The van der Waals surface area contributed by atoms with Crippen LogP contribution in [0.3, 0.4) is 0 Å². The Labute approximate surface area is 138 Å². The third-order valence-electron chi connectivity index (χ3n) is 3.31. The summed E-state index contributed by atoms with van der Waals surface area (Å²) in [7, 11) is 0. The smallest absolute Gasteiger partial charge is 0.222 e. The predicted octanol–water partition coefficient (Wildman–Crippen LogP) is 2.15. The van der Waals surface area contributed by atoms with Crippen LogP contribution in [0.2, 0.25) is 0 Å². The summed E-state index contributed by atoms with van der Waals surface area (Å²) in [4.78, 5) is 12.1. The van der Waals surface area contributed by atoms with Crippen LogP contribution in [0.15, 0.2) is 48.7 Å². The molecule has 0 radical (unpaired) electrons. The molecule has 7 heteroatoms. The number of nitrogens with zero attached hydrogens (tertiary/aromatic N) is 4. The molecule has 7 nitrogen and oxygen atoms in total. The number of anilines is 2. The van der Waals surface area contributed by atoms with Crippen LogP contribution in [0.5, 0.6) is 5.75 Å². The van der Waals surface area contributed by atoms with Crippen molar-refractivity contribution in [1.82, 2.24) is 15.0 Å². The van der Waals surface area contributed by atoms with Crippen molar-refractivity contribution >= 4 is 11.8 Å². The molecule has 0 unspecified atom stereocenters. The van der Waals surface area contributed by atoms with Crippen LogP contribution in [-0.4, -0.2) is 15.0 Å². The maximum atomic E-state index is 9.23. The zero-order valence-corrected chi connectivity index (χ0v) is 12.7. The number of nitrogens with two attached hydrogens (primary N) is 2. The van der Waals surface area contributed by atoms with E-state index in [0.29, 0.717) is 23.6 Å². The van der Waals surface area contributed by atoms with Crippen molar-refractivity contribution in [3.63, 3.8) is 0 Å². The van der Waals surface area contributed by atoms with E-state index in [2.05, 4.69) is 15.0 Å². The third-order valence-corrected chi connectivity index (χ3v) is 3.31. The standard InChI is InChI=1S/C17H14N6O/c18-9-14-15(22-17(20)23-16(14)19)11-4-6-13(7-5-11)24-10-12-3-1-2-8-21-12/h1-8H,10H2,(H4,19,20,22,23). The summed E-state index contributed by atoms with van der Waals surface area (Å²) in [5.41, 5.74) is 13.5. The number of rotatable bonds is 4. The van der Waals surface area contributed by atoms with Crippen molar-refractivity contribution in [3.8, 4) is 23.1 Å².